The lowest BCUT2D eigenvalue weighted by atomic mass is 10.2. The van der Waals surface area contributed by atoms with Crippen LogP contribution in [0.25, 0.3) is 0 Å². The molecule has 1 unspecified atom stereocenters. The summed E-state index contributed by atoms with van der Waals surface area (Å²) >= 11 is 2.98. The minimum atomic E-state index is -0.378. The molecule has 2 N–H and O–H groups in total. The summed E-state index contributed by atoms with van der Waals surface area (Å²) in [6, 6.07) is 9.16. The van der Waals surface area contributed by atoms with Gasteiger partial charge in [-0.3, -0.25) is 9.59 Å². The number of H-pyrrole nitrogens is 1. The average Bonchev–Trinajstić information content (AvgIpc) is 2.52. The molecule has 0 spiro atoms. The third-order valence-electron chi connectivity index (χ3n) is 3.28. The highest BCUT2D eigenvalue weighted by atomic mass is 32.2. The van der Waals surface area contributed by atoms with E-state index in [1.165, 1.54) is 17.8 Å². The van der Waals surface area contributed by atoms with Crippen LogP contribution in [0.15, 0.2) is 40.3 Å². The van der Waals surface area contributed by atoms with Crippen molar-refractivity contribution in [1.82, 2.24) is 9.97 Å². The molecule has 0 radical (unpaired) electrons. The molecule has 0 aliphatic heterocycles. The number of benzene rings is 1. The number of carbonyl (C=O) groups excluding carboxylic acids is 1. The molecule has 2 rings (SSSR count). The van der Waals surface area contributed by atoms with Crippen LogP contribution in [0.5, 0.6) is 0 Å². The van der Waals surface area contributed by atoms with Gasteiger partial charge in [-0.1, -0.05) is 37.7 Å². The SMILES string of the molecule is Cc1cccc(NC(=O)C(C)Sc2nc(CSC(C)C)cc(=O)[nH]2)c1. The first-order valence-corrected chi connectivity index (χ1v) is 10.0. The Bertz CT molecular complexity index is 790. The van der Waals surface area contributed by atoms with Crippen molar-refractivity contribution in [3.05, 3.63) is 51.9 Å². The first-order valence-electron chi connectivity index (χ1n) is 8.09. The number of thioether (sulfide) groups is 2. The molecule has 134 valence electrons. The molecule has 0 aliphatic rings. The van der Waals surface area contributed by atoms with Crippen LogP contribution in [0, 0.1) is 6.92 Å². The van der Waals surface area contributed by atoms with Crippen LogP contribution in [0.2, 0.25) is 0 Å². The lowest BCUT2D eigenvalue weighted by molar-refractivity contribution is -0.115. The minimum Gasteiger partial charge on any atom is -0.325 e. The first kappa shape index (κ1) is 19.6. The Morgan fingerprint density at radius 3 is 2.72 bits per heavy atom. The number of aromatic amines is 1. The lowest BCUT2D eigenvalue weighted by Gasteiger charge is -2.12. The zero-order chi connectivity index (χ0) is 18.4. The number of nitrogens with zero attached hydrogens (tertiary/aromatic N) is 1. The summed E-state index contributed by atoms with van der Waals surface area (Å²) in [5.74, 6) is 0.555. The maximum Gasteiger partial charge on any atom is 0.251 e. The van der Waals surface area contributed by atoms with Gasteiger partial charge in [0.15, 0.2) is 5.16 Å². The predicted molar refractivity (Wildman–Crippen MR) is 106 cm³/mol. The summed E-state index contributed by atoms with van der Waals surface area (Å²) in [6.07, 6.45) is 0. The normalized spacial score (nSPS) is 12.2. The van der Waals surface area contributed by atoms with Crippen LogP contribution >= 0.6 is 23.5 Å². The van der Waals surface area contributed by atoms with E-state index >= 15 is 0 Å². The molecule has 25 heavy (non-hydrogen) atoms. The topological polar surface area (TPSA) is 74.8 Å². The number of hydrogen-bond acceptors (Lipinski definition) is 5. The molecule has 0 bridgehead atoms. The van der Waals surface area contributed by atoms with E-state index in [0.29, 0.717) is 16.2 Å². The van der Waals surface area contributed by atoms with E-state index < -0.39 is 0 Å². The van der Waals surface area contributed by atoms with Gasteiger partial charge in [0.2, 0.25) is 5.91 Å². The van der Waals surface area contributed by atoms with E-state index in [1.54, 1.807) is 18.7 Å². The van der Waals surface area contributed by atoms with E-state index in [0.717, 1.165) is 16.9 Å². The number of carbonyl (C=O) groups is 1. The Hall–Kier alpha value is -1.73. The standard InChI is InChI=1S/C18H23N3O2S2/c1-11(2)24-10-15-9-16(22)21-18(20-15)25-13(4)17(23)19-14-7-5-6-12(3)8-14/h5-9,11,13H,10H2,1-4H3,(H,19,23)(H,20,21,22). The maximum absolute atomic E-state index is 12.4. The quantitative estimate of drug-likeness (QED) is 0.566. The van der Waals surface area contributed by atoms with Crippen molar-refractivity contribution in [2.45, 2.75) is 49.1 Å². The van der Waals surface area contributed by atoms with E-state index in [-0.39, 0.29) is 16.7 Å². The number of hydrogen-bond donors (Lipinski definition) is 2. The zero-order valence-electron chi connectivity index (χ0n) is 14.8. The Balaban J connectivity index is 2.02. The smallest absolute Gasteiger partial charge is 0.251 e. The average molecular weight is 378 g/mol. The highest BCUT2D eigenvalue weighted by Crippen LogP contribution is 2.22. The summed E-state index contributed by atoms with van der Waals surface area (Å²) < 4.78 is 0. The zero-order valence-corrected chi connectivity index (χ0v) is 16.5. The van der Waals surface area contributed by atoms with Crippen LogP contribution in [-0.2, 0) is 10.5 Å². The van der Waals surface area contributed by atoms with Gasteiger partial charge in [0.25, 0.3) is 5.56 Å². The molecule has 7 heteroatoms. The second-order valence-electron chi connectivity index (χ2n) is 6.02. The van der Waals surface area contributed by atoms with Crippen LogP contribution in [0.4, 0.5) is 5.69 Å². The third-order valence-corrected chi connectivity index (χ3v) is 5.39. The molecule has 1 aromatic heterocycles. The Kier molecular flexibility index (Phi) is 7.13. The highest BCUT2D eigenvalue weighted by Gasteiger charge is 2.16. The summed E-state index contributed by atoms with van der Waals surface area (Å²) in [5.41, 5.74) is 2.39. The van der Waals surface area contributed by atoms with E-state index in [4.69, 9.17) is 0 Å². The van der Waals surface area contributed by atoms with E-state index in [1.807, 2.05) is 31.2 Å². The van der Waals surface area contributed by atoms with Gasteiger partial charge in [0, 0.05) is 17.5 Å². The minimum absolute atomic E-state index is 0.125. The number of aromatic nitrogens is 2. The van der Waals surface area contributed by atoms with Crippen LogP contribution in [0.3, 0.4) is 0 Å². The van der Waals surface area contributed by atoms with Gasteiger partial charge in [0.1, 0.15) is 0 Å². The van der Waals surface area contributed by atoms with Gasteiger partial charge in [-0.2, -0.15) is 11.8 Å². The number of aryl methyl sites for hydroxylation is 1. The molecule has 1 amide bonds. The fourth-order valence-electron chi connectivity index (χ4n) is 2.05. The van der Waals surface area contributed by atoms with Gasteiger partial charge in [-0.25, -0.2) is 4.98 Å². The molecule has 0 saturated carbocycles. The summed E-state index contributed by atoms with van der Waals surface area (Å²) in [7, 11) is 0. The molecule has 0 fully saturated rings. The van der Waals surface area contributed by atoms with Gasteiger partial charge in [-0.15, -0.1) is 0 Å². The molecule has 0 aliphatic carbocycles. The monoisotopic (exact) mass is 377 g/mol. The number of nitrogens with one attached hydrogen (secondary N) is 2. The fourth-order valence-corrected chi connectivity index (χ4v) is 3.54. The van der Waals surface area contributed by atoms with Crippen molar-refractivity contribution in [3.63, 3.8) is 0 Å². The van der Waals surface area contributed by atoms with Gasteiger partial charge in [-0.05, 0) is 36.8 Å². The Labute approximate surface area is 156 Å². The number of amides is 1. The second-order valence-corrected chi connectivity index (χ2v) is 8.91. The van der Waals surface area contributed by atoms with Gasteiger partial charge >= 0.3 is 0 Å². The van der Waals surface area contributed by atoms with Crippen molar-refractivity contribution in [2.24, 2.45) is 0 Å². The van der Waals surface area contributed by atoms with Crippen molar-refractivity contribution < 1.29 is 4.79 Å². The molecular formula is C18H23N3O2S2. The largest absolute Gasteiger partial charge is 0.325 e. The maximum atomic E-state index is 12.4. The Morgan fingerprint density at radius 1 is 1.28 bits per heavy atom. The molecule has 0 saturated heterocycles. The van der Waals surface area contributed by atoms with Crippen molar-refractivity contribution in [1.29, 1.82) is 0 Å². The number of anilines is 1. The van der Waals surface area contributed by atoms with Crippen LogP contribution < -0.4 is 10.9 Å². The first-order chi connectivity index (χ1) is 11.8. The van der Waals surface area contributed by atoms with Crippen molar-refractivity contribution in [3.8, 4) is 0 Å². The summed E-state index contributed by atoms with van der Waals surface area (Å²) in [6.45, 7) is 7.98. The summed E-state index contributed by atoms with van der Waals surface area (Å²) in [5, 5.41) is 3.45. The molecule has 2 aromatic rings. The molecule has 1 aromatic carbocycles. The highest BCUT2D eigenvalue weighted by molar-refractivity contribution is 8.00. The van der Waals surface area contributed by atoms with E-state index in [9.17, 15) is 9.59 Å². The fraction of sp³-hybridized carbons (Fsp3) is 0.389. The molecule has 1 heterocycles. The van der Waals surface area contributed by atoms with Crippen LogP contribution in [0.1, 0.15) is 32.0 Å². The van der Waals surface area contributed by atoms with Crippen molar-refractivity contribution >= 4 is 35.1 Å². The van der Waals surface area contributed by atoms with Crippen LogP contribution in [-0.4, -0.2) is 26.4 Å². The molecule has 1 atom stereocenters. The lowest BCUT2D eigenvalue weighted by Crippen LogP contribution is -2.23. The Morgan fingerprint density at radius 2 is 2.04 bits per heavy atom. The third kappa shape index (κ3) is 6.59. The number of rotatable bonds is 7. The van der Waals surface area contributed by atoms with Crippen molar-refractivity contribution in [2.75, 3.05) is 5.32 Å². The van der Waals surface area contributed by atoms with E-state index in [2.05, 4.69) is 29.1 Å². The molecular weight excluding hydrogens is 354 g/mol. The molecule has 5 nitrogen and oxygen atoms in total. The van der Waals surface area contributed by atoms with Gasteiger partial charge in [0.05, 0.1) is 10.9 Å². The van der Waals surface area contributed by atoms with Gasteiger partial charge < -0.3 is 10.3 Å². The predicted octanol–water partition coefficient (Wildman–Crippen LogP) is 3.84. The summed E-state index contributed by atoms with van der Waals surface area (Å²) in [4.78, 5) is 31.3. The second kappa shape index (κ2) is 9.10.